The molecule has 4 nitrogen and oxygen atoms in total. The number of H-pyrrole nitrogens is 1. The monoisotopic (exact) mass is 239 g/mol. The summed E-state index contributed by atoms with van der Waals surface area (Å²) in [6.45, 7) is 0. The van der Waals surface area contributed by atoms with Crippen LogP contribution in [0.25, 0.3) is 22.4 Å². The number of aldehydes is 2. The summed E-state index contributed by atoms with van der Waals surface area (Å²) in [5, 5.41) is 0.839. The molecule has 0 saturated heterocycles. The minimum atomic E-state index is 0.237. The van der Waals surface area contributed by atoms with Gasteiger partial charge in [-0.2, -0.15) is 0 Å². The zero-order valence-electron chi connectivity index (χ0n) is 9.34. The zero-order valence-corrected chi connectivity index (χ0v) is 9.34. The number of para-hydroxylation sites is 1. The Kier molecular flexibility index (Phi) is 2.34. The van der Waals surface area contributed by atoms with Crippen LogP contribution in [-0.4, -0.2) is 17.6 Å². The molecule has 0 aliphatic heterocycles. The second kappa shape index (κ2) is 4.00. The van der Waals surface area contributed by atoms with Crippen molar-refractivity contribution in [2.45, 2.75) is 0 Å². The lowest BCUT2D eigenvalue weighted by atomic mass is 10.1. The summed E-state index contributed by atoms with van der Waals surface area (Å²) in [5.74, 6) is 0.718. The van der Waals surface area contributed by atoms with Crippen molar-refractivity contribution in [1.29, 1.82) is 0 Å². The fourth-order valence-corrected chi connectivity index (χ4v) is 2.03. The first-order chi connectivity index (χ1) is 8.83. The summed E-state index contributed by atoms with van der Waals surface area (Å²) in [6, 6.07) is 10.7. The van der Waals surface area contributed by atoms with Gasteiger partial charge < -0.3 is 9.40 Å². The smallest absolute Gasteiger partial charge is 0.185 e. The van der Waals surface area contributed by atoms with Crippen LogP contribution in [0, 0.1) is 0 Å². The first kappa shape index (κ1) is 10.5. The van der Waals surface area contributed by atoms with Crippen LogP contribution in [0.4, 0.5) is 0 Å². The third-order valence-electron chi connectivity index (χ3n) is 2.85. The Morgan fingerprint density at radius 3 is 2.56 bits per heavy atom. The predicted octanol–water partition coefficient (Wildman–Crippen LogP) is 3.05. The number of aromatic nitrogens is 1. The van der Waals surface area contributed by atoms with Gasteiger partial charge in [0.25, 0.3) is 0 Å². The van der Waals surface area contributed by atoms with E-state index in [-0.39, 0.29) is 5.76 Å². The summed E-state index contributed by atoms with van der Waals surface area (Å²) >= 11 is 0. The second-order valence-corrected chi connectivity index (χ2v) is 3.90. The summed E-state index contributed by atoms with van der Waals surface area (Å²) in [4.78, 5) is 25.0. The Bertz CT molecular complexity index is 736. The lowest BCUT2D eigenvalue weighted by molar-refractivity contribution is 0.110. The molecule has 0 atom stereocenters. The third-order valence-corrected chi connectivity index (χ3v) is 2.85. The molecule has 0 unspecified atom stereocenters. The highest BCUT2D eigenvalue weighted by Gasteiger charge is 2.15. The Morgan fingerprint density at radius 1 is 1.00 bits per heavy atom. The van der Waals surface area contributed by atoms with Crippen molar-refractivity contribution in [2.75, 3.05) is 0 Å². The van der Waals surface area contributed by atoms with Gasteiger partial charge >= 0.3 is 0 Å². The Hall–Kier alpha value is -2.62. The quantitative estimate of drug-likeness (QED) is 0.714. The van der Waals surface area contributed by atoms with Crippen LogP contribution in [0.3, 0.4) is 0 Å². The Morgan fingerprint density at radius 2 is 1.83 bits per heavy atom. The molecule has 0 amide bonds. The number of hydrogen-bond donors (Lipinski definition) is 1. The number of rotatable bonds is 3. The normalized spacial score (nSPS) is 10.7. The highest BCUT2D eigenvalue weighted by molar-refractivity contribution is 6.03. The highest BCUT2D eigenvalue weighted by atomic mass is 16.3. The van der Waals surface area contributed by atoms with Gasteiger partial charge in [-0.25, -0.2) is 0 Å². The van der Waals surface area contributed by atoms with E-state index in [0.29, 0.717) is 23.3 Å². The van der Waals surface area contributed by atoms with Crippen LogP contribution < -0.4 is 0 Å². The van der Waals surface area contributed by atoms with Gasteiger partial charge in [0.1, 0.15) is 0 Å². The van der Waals surface area contributed by atoms with Crippen molar-refractivity contribution in [3.63, 3.8) is 0 Å². The van der Waals surface area contributed by atoms with Gasteiger partial charge in [0, 0.05) is 10.9 Å². The fourth-order valence-electron chi connectivity index (χ4n) is 2.03. The second-order valence-electron chi connectivity index (χ2n) is 3.90. The van der Waals surface area contributed by atoms with Gasteiger partial charge in [0.05, 0.1) is 11.3 Å². The lowest BCUT2D eigenvalue weighted by Gasteiger charge is -1.93. The van der Waals surface area contributed by atoms with Gasteiger partial charge in [-0.15, -0.1) is 0 Å². The maximum absolute atomic E-state index is 11.2. The van der Waals surface area contributed by atoms with E-state index in [1.807, 2.05) is 24.3 Å². The number of fused-ring (bicyclic) bond motifs is 1. The fraction of sp³-hybridized carbons (Fsp3) is 0. The molecule has 88 valence electrons. The van der Waals surface area contributed by atoms with Crippen molar-refractivity contribution < 1.29 is 14.0 Å². The van der Waals surface area contributed by atoms with E-state index in [4.69, 9.17) is 4.42 Å². The standard InChI is InChI=1S/C14H9NO3/c16-7-9-5-6-13(18-9)14-11(8-17)10-3-1-2-4-12(10)15-14/h1-8,15H. The van der Waals surface area contributed by atoms with E-state index < -0.39 is 0 Å². The number of nitrogens with one attached hydrogen (secondary N) is 1. The molecule has 1 aromatic carbocycles. The maximum Gasteiger partial charge on any atom is 0.185 e. The molecule has 1 N–H and O–H groups in total. The largest absolute Gasteiger partial charge is 0.452 e. The third kappa shape index (κ3) is 1.47. The molecule has 0 bridgehead atoms. The number of furan rings is 1. The lowest BCUT2D eigenvalue weighted by Crippen LogP contribution is -1.82. The van der Waals surface area contributed by atoms with Crippen molar-refractivity contribution >= 4 is 23.5 Å². The Labute approximate surface area is 102 Å². The number of aromatic amines is 1. The SMILES string of the molecule is O=Cc1ccc(-c2[nH]c3ccccc3c2C=O)o1. The van der Waals surface area contributed by atoms with Crippen molar-refractivity contribution in [3.8, 4) is 11.5 Å². The molecule has 18 heavy (non-hydrogen) atoms. The van der Waals surface area contributed by atoms with Crippen LogP contribution in [0.2, 0.25) is 0 Å². The maximum atomic E-state index is 11.2. The highest BCUT2D eigenvalue weighted by Crippen LogP contribution is 2.29. The van der Waals surface area contributed by atoms with Crippen molar-refractivity contribution in [3.05, 3.63) is 47.7 Å². The van der Waals surface area contributed by atoms with Crippen LogP contribution in [0.15, 0.2) is 40.8 Å². The van der Waals surface area contributed by atoms with Crippen molar-refractivity contribution in [2.24, 2.45) is 0 Å². The molecule has 0 fully saturated rings. The average Bonchev–Trinajstić information content (AvgIpc) is 3.02. The molecule has 3 aromatic rings. The molecule has 3 rings (SSSR count). The van der Waals surface area contributed by atoms with Crippen LogP contribution >= 0.6 is 0 Å². The molecule has 0 aliphatic rings. The van der Waals surface area contributed by atoms with Gasteiger partial charge in [-0.3, -0.25) is 9.59 Å². The number of benzene rings is 1. The molecule has 0 radical (unpaired) electrons. The topological polar surface area (TPSA) is 63.1 Å². The molecular formula is C14H9NO3. The Balaban J connectivity index is 2.27. The summed E-state index contributed by atoms with van der Waals surface area (Å²) < 4.78 is 5.33. The molecule has 2 heterocycles. The summed E-state index contributed by atoms with van der Waals surface area (Å²) in [5.41, 5.74) is 2.00. The molecule has 4 heteroatoms. The molecule has 0 spiro atoms. The van der Waals surface area contributed by atoms with Crippen LogP contribution in [0.5, 0.6) is 0 Å². The number of hydrogen-bond acceptors (Lipinski definition) is 3. The van der Waals surface area contributed by atoms with E-state index in [1.54, 1.807) is 12.1 Å². The minimum Gasteiger partial charge on any atom is -0.452 e. The molecular weight excluding hydrogens is 230 g/mol. The van der Waals surface area contributed by atoms with Crippen LogP contribution in [-0.2, 0) is 0 Å². The van der Waals surface area contributed by atoms with Crippen LogP contribution in [0.1, 0.15) is 20.9 Å². The van der Waals surface area contributed by atoms with Gasteiger partial charge in [0.15, 0.2) is 24.1 Å². The molecule has 0 aliphatic carbocycles. The van der Waals surface area contributed by atoms with E-state index in [0.717, 1.165) is 17.2 Å². The van der Waals surface area contributed by atoms with E-state index in [2.05, 4.69) is 4.98 Å². The van der Waals surface area contributed by atoms with Gasteiger partial charge in [-0.05, 0) is 18.2 Å². The van der Waals surface area contributed by atoms with E-state index >= 15 is 0 Å². The number of carbonyl (C=O) groups is 2. The van der Waals surface area contributed by atoms with Gasteiger partial charge in [-0.1, -0.05) is 18.2 Å². The predicted molar refractivity (Wildman–Crippen MR) is 66.8 cm³/mol. The molecule has 2 aromatic heterocycles. The number of carbonyl (C=O) groups excluding carboxylic acids is 2. The summed E-state index contributed by atoms with van der Waals surface area (Å²) in [6.07, 6.45) is 1.42. The summed E-state index contributed by atoms with van der Waals surface area (Å²) in [7, 11) is 0. The zero-order chi connectivity index (χ0) is 12.5. The van der Waals surface area contributed by atoms with Gasteiger partial charge in [0.2, 0.25) is 0 Å². The first-order valence-electron chi connectivity index (χ1n) is 5.45. The average molecular weight is 239 g/mol. The van der Waals surface area contributed by atoms with E-state index in [1.165, 1.54) is 0 Å². The first-order valence-corrected chi connectivity index (χ1v) is 5.45. The minimum absolute atomic E-state index is 0.237. The van der Waals surface area contributed by atoms with Crippen molar-refractivity contribution in [1.82, 2.24) is 4.98 Å². The van der Waals surface area contributed by atoms with E-state index in [9.17, 15) is 9.59 Å². The molecule has 0 saturated carbocycles.